The average Bonchev–Trinajstić information content (AvgIpc) is 2.77. The fourth-order valence-electron chi connectivity index (χ4n) is 2.92. The number of aromatic nitrogens is 1. The molecule has 0 aliphatic rings. The van der Waals surface area contributed by atoms with E-state index < -0.39 is 0 Å². The van der Waals surface area contributed by atoms with Gasteiger partial charge in [-0.2, -0.15) is 0 Å². The van der Waals surface area contributed by atoms with Crippen LogP contribution in [-0.2, 0) is 11.4 Å². The number of rotatable bonds is 9. The van der Waals surface area contributed by atoms with Gasteiger partial charge < -0.3 is 19.5 Å². The molecule has 0 aliphatic carbocycles. The second-order valence-corrected chi connectivity index (χ2v) is 6.91. The topological polar surface area (TPSA) is 69.7 Å². The Bertz CT molecular complexity index is 976. The number of amides is 1. The summed E-state index contributed by atoms with van der Waals surface area (Å²) in [6.07, 6.45) is 1.74. The molecule has 1 unspecified atom stereocenters. The first-order valence-corrected chi connectivity index (χ1v) is 9.74. The molecule has 0 aliphatic heterocycles. The summed E-state index contributed by atoms with van der Waals surface area (Å²) < 4.78 is 16.7. The standard InChI is InChI=1S/C24H26N2O4/c1-17-10-11-22(23(13-17)28-3)30-16-24(27)26-18(2)19-7-6-9-21(14-19)29-15-20-8-4-5-12-25-20/h4-14,18H,15-16H2,1-3H3,(H,26,27). The van der Waals surface area contributed by atoms with Crippen LogP contribution < -0.4 is 19.5 Å². The van der Waals surface area contributed by atoms with Gasteiger partial charge in [0.1, 0.15) is 12.4 Å². The van der Waals surface area contributed by atoms with Crippen LogP contribution in [0.25, 0.3) is 0 Å². The van der Waals surface area contributed by atoms with Crippen molar-refractivity contribution in [1.29, 1.82) is 0 Å². The summed E-state index contributed by atoms with van der Waals surface area (Å²) in [5, 5.41) is 2.94. The lowest BCUT2D eigenvalue weighted by molar-refractivity contribution is -0.123. The number of benzene rings is 2. The Kier molecular flexibility index (Phi) is 7.27. The third-order valence-corrected chi connectivity index (χ3v) is 4.53. The number of carbonyl (C=O) groups is 1. The molecule has 1 atom stereocenters. The highest BCUT2D eigenvalue weighted by molar-refractivity contribution is 5.78. The second-order valence-electron chi connectivity index (χ2n) is 6.91. The maximum Gasteiger partial charge on any atom is 0.258 e. The first kappa shape index (κ1) is 21.2. The lowest BCUT2D eigenvalue weighted by atomic mass is 10.1. The van der Waals surface area contributed by atoms with E-state index in [0.29, 0.717) is 18.1 Å². The molecule has 3 rings (SSSR count). The zero-order valence-electron chi connectivity index (χ0n) is 17.4. The molecule has 0 bridgehead atoms. The van der Waals surface area contributed by atoms with Crippen LogP contribution in [0, 0.1) is 6.92 Å². The van der Waals surface area contributed by atoms with Crippen LogP contribution in [0.4, 0.5) is 0 Å². The van der Waals surface area contributed by atoms with Gasteiger partial charge in [0.2, 0.25) is 0 Å². The van der Waals surface area contributed by atoms with Crippen molar-refractivity contribution in [2.24, 2.45) is 0 Å². The van der Waals surface area contributed by atoms with Crippen molar-refractivity contribution < 1.29 is 19.0 Å². The zero-order valence-corrected chi connectivity index (χ0v) is 17.4. The van der Waals surface area contributed by atoms with Crippen molar-refractivity contribution in [2.75, 3.05) is 13.7 Å². The van der Waals surface area contributed by atoms with Gasteiger partial charge in [0.05, 0.1) is 18.8 Å². The van der Waals surface area contributed by atoms with Crippen LogP contribution in [0.3, 0.4) is 0 Å². The summed E-state index contributed by atoms with van der Waals surface area (Å²) in [4.78, 5) is 16.6. The molecule has 1 N–H and O–H groups in total. The van der Waals surface area contributed by atoms with Gasteiger partial charge in [-0.3, -0.25) is 9.78 Å². The predicted octanol–water partition coefficient (Wildman–Crippen LogP) is 4.23. The summed E-state index contributed by atoms with van der Waals surface area (Å²) in [5.41, 5.74) is 2.85. The number of carbonyl (C=O) groups excluding carboxylic acids is 1. The van der Waals surface area contributed by atoms with Crippen LogP contribution in [0.2, 0.25) is 0 Å². The fraction of sp³-hybridized carbons (Fsp3) is 0.250. The van der Waals surface area contributed by atoms with Crippen LogP contribution in [0.5, 0.6) is 17.2 Å². The van der Waals surface area contributed by atoms with Crippen molar-refractivity contribution in [3.05, 3.63) is 83.7 Å². The third kappa shape index (κ3) is 5.98. The maximum atomic E-state index is 12.3. The van der Waals surface area contributed by atoms with Crippen LogP contribution in [0.1, 0.15) is 29.8 Å². The lowest BCUT2D eigenvalue weighted by Crippen LogP contribution is -2.31. The Balaban J connectivity index is 1.53. The van der Waals surface area contributed by atoms with Crippen molar-refractivity contribution >= 4 is 5.91 Å². The minimum atomic E-state index is -0.218. The van der Waals surface area contributed by atoms with Crippen molar-refractivity contribution in [3.63, 3.8) is 0 Å². The summed E-state index contributed by atoms with van der Waals surface area (Å²) in [6, 6.07) is 18.7. The van der Waals surface area contributed by atoms with E-state index in [1.807, 2.05) is 68.4 Å². The molecule has 30 heavy (non-hydrogen) atoms. The highest BCUT2D eigenvalue weighted by Gasteiger charge is 2.12. The first-order valence-electron chi connectivity index (χ1n) is 9.74. The number of pyridine rings is 1. The molecule has 1 aromatic heterocycles. The highest BCUT2D eigenvalue weighted by Crippen LogP contribution is 2.27. The van der Waals surface area contributed by atoms with E-state index in [1.54, 1.807) is 19.4 Å². The molecule has 6 nitrogen and oxygen atoms in total. The largest absolute Gasteiger partial charge is 0.493 e. The molecule has 1 amide bonds. The number of hydrogen-bond donors (Lipinski definition) is 1. The summed E-state index contributed by atoms with van der Waals surface area (Å²) in [7, 11) is 1.58. The number of methoxy groups -OCH3 is 1. The predicted molar refractivity (Wildman–Crippen MR) is 115 cm³/mol. The Morgan fingerprint density at radius 1 is 1.03 bits per heavy atom. The van der Waals surface area contributed by atoms with Gasteiger partial charge in [0.15, 0.2) is 18.1 Å². The molecule has 6 heteroatoms. The van der Waals surface area contributed by atoms with Crippen molar-refractivity contribution in [3.8, 4) is 17.2 Å². The molecular formula is C24H26N2O4. The third-order valence-electron chi connectivity index (χ3n) is 4.53. The lowest BCUT2D eigenvalue weighted by Gasteiger charge is -2.16. The van der Waals surface area contributed by atoms with Crippen molar-refractivity contribution in [2.45, 2.75) is 26.5 Å². The van der Waals surface area contributed by atoms with E-state index in [2.05, 4.69) is 10.3 Å². The highest BCUT2D eigenvalue weighted by atomic mass is 16.5. The monoisotopic (exact) mass is 406 g/mol. The molecular weight excluding hydrogens is 380 g/mol. The Morgan fingerprint density at radius 3 is 2.67 bits per heavy atom. The molecule has 0 fully saturated rings. The molecule has 2 aromatic carbocycles. The van der Waals surface area contributed by atoms with E-state index in [1.165, 1.54) is 0 Å². The molecule has 1 heterocycles. The Hall–Kier alpha value is -3.54. The van der Waals surface area contributed by atoms with Gasteiger partial charge in [0, 0.05) is 6.20 Å². The maximum absolute atomic E-state index is 12.3. The summed E-state index contributed by atoms with van der Waals surface area (Å²) in [5.74, 6) is 1.65. The van der Waals surface area contributed by atoms with Gasteiger partial charge in [-0.05, 0) is 61.4 Å². The number of hydrogen-bond acceptors (Lipinski definition) is 5. The smallest absolute Gasteiger partial charge is 0.258 e. The molecule has 0 saturated heterocycles. The van der Waals surface area contributed by atoms with E-state index in [9.17, 15) is 4.79 Å². The summed E-state index contributed by atoms with van der Waals surface area (Å²) >= 11 is 0. The van der Waals surface area contributed by atoms with E-state index >= 15 is 0 Å². The van der Waals surface area contributed by atoms with Crippen LogP contribution in [0.15, 0.2) is 66.9 Å². The molecule has 156 valence electrons. The molecule has 0 radical (unpaired) electrons. The van der Waals surface area contributed by atoms with Crippen molar-refractivity contribution in [1.82, 2.24) is 10.3 Å². The van der Waals surface area contributed by atoms with E-state index in [4.69, 9.17) is 14.2 Å². The minimum Gasteiger partial charge on any atom is -0.493 e. The minimum absolute atomic E-state index is 0.0976. The average molecular weight is 406 g/mol. The second kappa shape index (κ2) is 10.3. The van der Waals surface area contributed by atoms with Crippen LogP contribution in [-0.4, -0.2) is 24.6 Å². The van der Waals surface area contributed by atoms with Crippen LogP contribution >= 0.6 is 0 Å². The zero-order chi connectivity index (χ0) is 21.3. The van der Waals surface area contributed by atoms with Gasteiger partial charge in [-0.1, -0.05) is 24.3 Å². The Morgan fingerprint density at radius 2 is 1.90 bits per heavy atom. The first-order chi connectivity index (χ1) is 14.5. The normalized spacial score (nSPS) is 11.4. The van der Waals surface area contributed by atoms with E-state index in [0.717, 1.165) is 22.6 Å². The van der Waals surface area contributed by atoms with Gasteiger partial charge in [0.25, 0.3) is 5.91 Å². The molecule has 3 aromatic rings. The number of nitrogens with zero attached hydrogens (tertiary/aromatic N) is 1. The van der Waals surface area contributed by atoms with E-state index in [-0.39, 0.29) is 18.6 Å². The van der Waals surface area contributed by atoms with Gasteiger partial charge >= 0.3 is 0 Å². The van der Waals surface area contributed by atoms with Gasteiger partial charge in [-0.15, -0.1) is 0 Å². The molecule has 0 saturated carbocycles. The van der Waals surface area contributed by atoms with Gasteiger partial charge in [-0.25, -0.2) is 0 Å². The molecule has 0 spiro atoms. The SMILES string of the molecule is COc1cc(C)ccc1OCC(=O)NC(C)c1cccc(OCc2ccccn2)c1. The quantitative estimate of drug-likeness (QED) is 0.576. The number of aryl methyl sites for hydroxylation is 1. The summed E-state index contributed by atoms with van der Waals surface area (Å²) in [6.45, 7) is 4.17. The Labute approximate surface area is 176 Å². The number of ether oxygens (including phenoxy) is 3. The number of nitrogens with one attached hydrogen (secondary N) is 1. The fourth-order valence-corrected chi connectivity index (χ4v) is 2.92.